The predicted octanol–water partition coefficient (Wildman–Crippen LogP) is 10.6. The highest BCUT2D eigenvalue weighted by molar-refractivity contribution is 5.69. The molecule has 0 aliphatic heterocycles. The molecule has 2 nitrogen and oxygen atoms in total. The smallest absolute Gasteiger partial charge is 0.306 e. The first kappa shape index (κ1) is 31.5. The van der Waals surface area contributed by atoms with Crippen LogP contribution in [-0.2, 0) is 9.53 Å². The third-order valence-electron chi connectivity index (χ3n) is 7.27. The maximum absolute atomic E-state index is 12.3. The van der Waals surface area contributed by atoms with Crippen molar-refractivity contribution in [2.45, 2.75) is 181 Å². The van der Waals surface area contributed by atoms with Crippen LogP contribution in [0.25, 0.3) is 0 Å². The van der Waals surface area contributed by atoms with E-state index in [0.717, 1.165) is 31.6 Å². The van der Waals surface area contributed by atoms with Gasteiger partial charge in [0.1, 0.15) is 5.60 Å². The van der Waals surface area contributed by atoms with Crippen LogP contribution in [0.3, 0.4) is 0 Å². The third-order valence-corrected chi connectivity index (χ3v) is 7.27. The molecule has 0 saturated carbocycles. The summed E-state index contributed by atoms with van der Waals surface area (Å²) in [5.74, 6) is 0.906. The molecule has 0 bridgehead atoms. The van der Waals surface area contributed by atoms with Crippen molar-refractivity contribution in [1.82, 2.24) is 0 Å². The number of hydrogen-bond acceptors (Lipinski definition) is 2. The Labute approximate surface area is 203 Å². The van der Waals surface area contributed by atoms with Gasteiger partial charge in [0.15, 0.2) is 0 Å². The van der Waals surface area contributed by atoms with Gasteiger partial charge in [-0.25, -0.2) is 0 Å². The molecule has 0 N–H and O–H groups in total. The molecule has 0 fully saturated rings. The van der Waals surface area contributed by atoms with E-state index >= 15 is 0 Å². The van der Waals surface area contributed by atoms with Gasteiger partial charge in [0.05, 0.1) is 0 Å². The van der Waals surface area contributed by atoms with Crippen LogP contribution in [0.4, 0.5) is 0 Å². The molecule has 0 aliphatic carbocycles. The fraction of sp³-hybridized carbons (Fsp3) is 0.967. The summed E-state index contributed by atoms with van der Waals surface area (Å²) in [6.07, 6.45) is 27.5. The number of carbonyl (C=O) groups excluding carboxylic acids is 1. The van der Waals surface area contributed by atoms with E-state index in [2.05, 4.69) is 34.6 Å². The minimum absolute atomic E-state index is 0.0325. The summed E-state index contributed by atoms with van der Waals surface area (Å²) in [4.78, 5) is 12.3. The maximum atomic E-state index is 12.3. The lowest BCUT2D eigenvalue weighted by Gasteiger charge is -2.31. The normalized spacial score (nSPS) is 11.9. The van der Waals surface area contributed by atoms with Crippen LogP contribution in [0.2, 0.25) is 0 Å². The number of ether oxygens (including phenoxy) is 1. The molecule has 0 heterocycles. The predicted molar refractivity (Wildman–Crippen MR) is 142 cm³/mol. The van der Waals surface area contributed by atoms with Gasteiger partial charge in [0, 0.05) is 6.42 Å². The molecule has 32 heavy (non-hydrogen) atoms. The first-order valence-electron chi connectivity index (χ1n) is 14.7. The minimum Gasteiger partial charge on any atom is -0.459 e. The second kappa shape index (κ2) is 22.3. The van der Waals surface area contributed by atoms with Crippen molar-refractivity contribution in [1.29, 1.82) is 0 Å². The Morgan fingerprint density at radius 1 is 0.625 bits per heavy atom. The molecule has 0 amide bonds. The second-order valence-corrected chi connectivity index (χ2v) is 10.7. The number of unbranched alkanes of at least 4 members (excludes halogenated alkanes) is 15. The molecule has 0 rings (SSSR count). The monoisotopic (exact) mass is 452 g/mol. The zero-order chi connectivity index (χ0) is 23.9. The average Bonchev–Trinajstić information content (AvgIpc) is 2.78. The van der Waals surface area contributed by atoms with Crippen LogP contribution in [-0.4, -0.2) is 11.6 Å². The lowest BCUT2D eigenvalue weighted by atomic mass is 9.90. The summed E-state index contributed by atoms with van der Waals surface area (Å²) in [7, 11) is 0. The number of rotatable bonds is 24. The highest BCUT2D eigenvalue weighted by Gasteiger charge is 2.29. The van der Waals surface area contributed by atoms with Gasteiger partial charge in [0.25, 0.3) is 0 Å². The Morgan fingerprint density at radius 2 is 1.06 bits per heavy atom. The Balaban J connectivity index is 3.51. The van der Waals surface area contributed by atoms with Gasteiger partial charge in [-0.1, -0.05) is 137 Å². The molecule has 192 valence electrons. The van der Waals surface area contributed by atoms with Crippen LogP contribution in [0.5, 0.6) is 0 Å². The van der Waals surface area contributed by atoms with Crippen LogP contribution in [0, 0.1) is 5.92 Å². The first-order valence-corrected chi connectivity index (χ1v) is 14.7. The van der Waals surface area contributed by atoms with E-state index < -0.39 is 0 Å². The van der Waals surface area contributed by atoms with E-state index in [9.17, 15) is 4.79 Å². The van der Waals surface area contributed by atoms with Gasteiger partial charge in [-0.05, 0) is 38.0 Å². The quantitative estimate of drug-likeness (QED) is 0.107. The largest absolute Gasteiger partial charge is 0.459 e. The molecule has 0 aromatic heterocycles. The standard InChI is InChI=1S/C30H60O2/c1-6-9-24-27-30(7-2,8-3)32-29(31)26-23-21-19-17-15-13-11-10-12-14-16-18-20-22-25-28(4)5/h28H,6-27H2,1-5H3. The molecule has 0 radical (unpaired) electrons. The van der Waals surface area contributed by atoms with Gasteiger partial charge in [-0.15, -0.1) is 0 Å². The van der Waals surface area contributed by atoms with Crippen molar-refractivity contribution in [2.24, 2.45) is 5.92 Å². The fourth-order valence-electron chi connectivity index (χ4n) is 4.73. The lowest BCUT2D eigenvalue weighted by molar-refractivity contribution is -0.162. The molecular formula is C30H60O2. The van der Waals surface area contributed by atoms with Gasteiger partial charge in [0.2, 0.25) is 0 Å². The van der Waals surface area contributed by atoms with E-state index in [-0.39, 0.29) is 11.6 Å². The van der Waals surface area contributed by atoms with Gasteiger partial charge in [-0.3, -0.25) is 4.79 Å². The van der Waals surface area contributed by atoms with Gasteiger partial charge >= 0.3 is 5.97 Å². The summed E-state index contributed by atoms with van der Waals surface area (Å²) in [6, 6.07) is 0. The SMILES string of the molecule is CCCCCC(CC)(CC)OC(=O)CCCCCCCCCCCCCCCCC(C)C. The van der Waals surface area contributed by atoms with Crippen molar-refractivity contribution in [3.63, 3.8) is 0 Å². The van der Waals surface area contributed by atoms with E-state index in [0.29, 0.717) is 6.42 Å². The van der Waals surface area contributed by atoms with E-state index in [1.165, 1.54) is 109 Å². The summed E-state index contributed by atoms with van der Waals surface area (Å²) in [6.45, 7) is 11.2. The molecule has 0 atom stereocenters. The third kappa shape index (κ3) is 19.0. The highest BCUT2D eigenvalue weighted by Crippen LogP contribution is 2.28. The lowest BCUT2D eigenvalue weighted by Crippen LogP contribution is -2.33. The van der Waals surface area contributed by atoms with Crippen molar-refractivity contribution < 1.29 is 9.53 Å². The van der Waals surface area contributed by atoms with Crippen molar-refractivity contribution in [3.05, 3.63) is 0 Å². The first-order chi connectivity index (χ1) is 15.5. The van der Waals surface area contributed by atoms with Crippen LogP contribution >= 0.6 is 0 Å². The average molecular weight is 453 g/mol. The molecular weight excluding hydrogens is 392 g/mol. The summed E-state index contributed by atoms with van der Waals surface area (Å²) < 4.78 is 5.97. The summed E-state index contributed by atoms with van der Waals surface area (Å²) >= 11 is 0. The fourth-order valence-corrected chi connectivity index (χ4v) is 4.73. The van der Waals surface area contributed by atoms with E-state index in [1.807, 2.05) is 0 Å². The minimum atomic E-state index is -0.208. The van der Waals surface area contributed by atoms with E-state index in [4.69, 9.17) is 4.74 Å². The summed E-state index contributed by atoms with van der Waals surface area (Å²) in [5.41, 5.74) is -0.208. The zero-order valence-electron chi connectivity index (χ0n) is 23.0. The Kier molecular flexibility index (Phi) is 21.9. The number of hydrogen-bond donors (Lipinski definition) is 0. The zero-order valence-corrected chi connectivity index (χ0v) is 23.0. The maximum Gasteiger partial charge on any atom is 0.306 e. The molecule has 2 heteroatoms. The van der Waals surface area contributed by atoms with Crippen molar-refractivity contribution >= 4 is 5.97 Å². The van der Waals surface area contributed by atoms with Crippen LogP contribution in [0.1, 0.15) is 176 Å². The van der Waals surface area contributed by atoms with Gasteiger partial charge < -0.3 is 4.74 Å². The number of carbonyl (C=O) groups is 1. The molecule has 0 spiro atoms. The van der Waals surface area contributed by atoms with Crippen LogP contribution in [0.15, 0.2) is 0 Å². The molecule has 0 aromatic rings. The number of esters is 1. The topological polar surface area (TPSA) is 26.3 Å². The highest BCUT2D eigenvalue weighted by atomic mass is 16.6. The van der Waals surface area contributed by atoms with Gasteiger partial charge in [-0.2, -0.15) is 0 Å². The molecule has 0 unspecified atom stereocenters. The Bertz CT molecular complexity index is 398. The Hall–Kier alpha value is -0.530. The molecule has 0 aromatic carbocycles. The van der Waals surface area contributed by atoms with Crippen LogP contribution < -0.4 is 0 Å². The second-order valence-electron chi connectivity index (χ2n) is 10.7. The summed E-state index contributed by atoms with van der Waals surface area (Å²) in [5, 5.41) is 0. The van der Waals surface area contributed by atoms with E-state index in [1.54, 1.807) is 0 Å². The molecule has 0 aliphatic rings. The molecule has 0 saturated heterocycles. The van der Waals surface area contributed by atoms with Crippen molar-refractivity contribution in [3.8, 4) is 0 Å². The van der Waals surface area contributed by atoms with Crippen molar-refractivity contribution in [2.75, 3.05) is 0 Å². The Morgan fingerprint density at radius 3 is 1.47 bits per heavy atom.